The number of nitrogens with zero attached hydrogens (tertiary/aromatic N) is 2. The summed E-state index contributed by atoms with van der Waals surface area (Å²) in [5, 5.41) is 13.3. The predicted molar refractivity (Wildman–Crippen MR) is 102 cm³/mol. The lowest BCUT2D eigenvalue weighted by Crippen LogP contribution is -2.52. The SMILES string of the molecule is NC(=O)C12CC3CC(CC(C3)C1)C2.O=C(O)c1cc2c(Cl)cc(Cl)cn2n1. The largest absolute Gasteiger partial charge is 0.476 e. The lowest BCUT2D eigenvalue weighted by molar-refractivity contribution is -0.142. The van der Waals surface area contributed by atoms with Crippen molar-refractivity contribution in [3.05, 3.63) is 34.1 Å². The van der Waals surface area contributed by atoms with Crippen LogP contribution in [0.25, 0.3) is 5.52 Å². The Bertz CT molecular complexity index is 889. The summed E-state index contributed by atoms with van der Waals surface area (Å²) in [5.74, 6) is 1.39. The normalized spacial score (nSPS) is 30.8. The van der Waals surface area contributed by atoms with E-state index in [0.717, 1.165) is 37.0 Å². The van der Waals surface area contributed by atoms with Gasteiger partial charge in [0.15, 0.2) is 5.69 Å². The van der Waals surface area contributed by atoms with E-state index in [2.05, 4.69) is 5.10 Å². The molecule has 8 heteroatoms. The maximum atomic E-state index is 11.5. The Kier molecular flexibility index (Phi) is 4.59. The van der Waals surface area contributed by atoms with Crippen molar-refractivity contribution in [3.8, 4) is 0 Å². The van der Waals surface area contributed by atoms with Crippen LogP contribution in [-0.4, -0.2) is 26.6 Å². The van der Waals surface area contributed by atoms with Gasteiger partial charge in [0.2, 0.25) is 5.91 Å². The molecular formula is C19H21Cl2N3O3. The van der Waals surface area contributed by atoms with Gasteiger partial charge in [-0.2, -0.15) is 5.10 Å². The molecule has 4 saturated carbocycles. The molecule has 0 aromatic carbocycles. The highest BCUT2D eigenvalue weighted by Gasteiger charge is 2.53. The van der Waals surface area contributed by atoms with Crippen LogP contribution in [0, 0.1) is 23.2 Å². The summed E-state index contributed by atoms with van der Waals surface area (Å²) in [5.41, 5.74) is 5.95. The van der Waals surface area contributed by atoms with Gasteiger partial charge < -0.3 is 10.8 Å². The van der Waals surface area contributed by atoms with Gasteiger partial charge in [0.1, 0.15) is 0 Å². The average molecular weight is 410 g/mol. The van der Waals surface area contributed by atoms with E-state index in [9.17, 15) is 9.59 Å². The third-order valence-corrected chi connectivity index (χ3v) is 6.78. The molecule has 0 radical (unpaired) electrons. The maximum Gasteiger partial charge on any atom is 0.356 e. The molecule has 27 heavy (non-hydrogen) atoms. The second-order valence-corrected chi connectivity index (χ2v) is 9.08. The number of carboxylic acid groups (broad SMARTS) is 1. The summed E-state index contributed by atoms with van der Waals surface area (Å²) < 4.78 is 1.34. The van der Waals surface area contributed by atoms with Crippen LogP contribution in [-0.2, 0) is 4.79 Å². The number of fused-ring (bicyclic) bond motifs is 1. The summed E-state index contributed by atoms with van der Waals surface area (Å²) in [7, 11) is 0. The molecule has 0 atom stereocenters. The number of nitrogens with two attached hydrogens (primary N) is 1. The van der Waals surface area contributed by atoms with Crippen LogP contribution in [0.1, 0.15) is 49.0 Å². The van der Waals surface area contributed by atoms with Crippen LogP contribution in [0.15, 0.2) is 18.3 Å². The Morgan fingerprint density at radius 1 is 1.11 bits per heavy atom. The van der Waals surface area contributed by atoms with Crippen LogP contribution in [0.4, 0.5) is 0 Å². The highest BCUT2D eigenvalue weighted by molar-refractivity contribution is 6.36. The quantitative estimate of drug-likeness (QED) is 0.781. The lowest BCUT2D eigenvalue weighted by atomic mass is 9.49. The number of aromatic nitrogens is 2. The van der Waals surface area contributed by atoms with Crippen molar-refractivity contribution in [1.82, 2.24) is 9.61 Å². The zero-order valence-electron chi connectivity index (χ0n) is 14.7. The van der Waals surface area contributed by atoms with Crippen molar-refractivity contribution in [2.24, 2.45) is 28.9 Å². The topological polar surface area (TPSA) is 97.7 Å². The van der Waals surface area contributed by atoms with Gasteiger partial charge in [-0.05, 0) is 62.3 Å². The van der Waals surface area contributed by atoms with E-state index >= 15 is 0 Å². The van der Waals surface area contributed by atoms with Gasteiger partial charge in [0.25, 0.3) is 0 Å². The average Bonchev–Trinajstić information content (AvgIpc) is 2.98. The van der Waals surface area contributed by atoms with E-state index in [-0.39, 0.29) is 17.0 Å². The van der Waals surface area contributed by atoms with Crippen LogP contribution in [0.2, 0.25) is 10.0 Å². The summed E-state index contributed by atoms with van der Waals surface area (Å²) in [6, 6.07) is 2.92. The van der Waals surface area contributed by atoms with Gasteiger partial charge in [-0.3, -0.25) is 4.79 Å². The minimum absolute atomic E-state index is 0.00778. The number of carbonyl (C=O) groups excluding carboxylic acids is 1. The first-order valence-corrected chi connectivity index (χ1v) is 9.89. The number of pyridine rings is 1. The first kappa shape index (κ1) is 18.6. The van der Waals surface area contributed by atoms with Gasteiger partial charge in [-0.1, -0.05) is 23.2 Å². The highest BCUT2D eigenvalue weighted by atomic mass is 35.5. The molecule has 6 nitrogen and oxygen atoms in total. The third-order valence-electron chi connectivity index (χ3n) is 6.27. The Balaban J connectivity index is 0.000000134. The van der Waals surface area contributed by atoms with E-state index in [1.165, 1.54) is 42.1 Å². The third kappa shape index (κ3) is 3.41. The van der Waals surface area contributed by atoms with Crippen LogP contribution < -0.4 is 5.73 Å². The fourth-order valence-corrected chi connectivity index (χ4v) is 6.05. The van der Waals surface area contributed by atoms with E-state index in [1.54, 1.807) is 0 Å². The molecule has 4 aliphatic carbocycles. The van der Waals surface area contributed by atoms with Crippen molar-refractivity contribution in [1.29, 1.82) is 0 Å². The van der Waals surface area contributed by atoms with Crippen LogP contribution >= 0.6 is 23.2 Å². The van der Waals surface area contributed by atoms with Gasteiger partial charge in [-0.25, -0.2) is 9.31 Å². The first-order chi connectivity index (χ1) is 12.8. The van der Waals surface area contributed by atoms with E-state index < -0.39 is 5.97 Å². The number of carboxylic acids is 1. The highest BCUT2D eigenvalue weighted by Crippen LogP contribution is 2.59. The van der Waals surface area contributed by atoms with Crippen molar-refractivity contribution >= 4 is 40.6 Å². The maximum absolute atomic E-state index is 11.5. The standard InChI is InChI=1S/C11H17NO.C8H4Cl2N2O2/c12-10(13)11-4-7-1-8(5-11)3-9(2-7)6-11;9-4-1-5(10)7-2-6(8(13)14)11-12(7)3-4/h7-9H,1-6H2,(H2,12,13);1-3H,(H,13,14). The molecule has 4 bridgehead atoms. The van der Waals surface area contributed by atoms with Crippen molar-refractivity contribution in [3.63, 3.8) is 0 Å². The van der Waals surface area contributed by atoms with Crippen LogP contribution in [0.5, 0.6) is 0 Å². The molecule has 0 aliphatic heterocycles. The van der Waals surface area contributed by atoms with Crippen molar-refractivity contribution < 1.29 is 14.7 Å². The van der Waals surface area contributed by atoms with Gasteiger partial charge in [-0.15, -0.1) is 0 Å². The molecule has 4 fully saturated rings. The number of aromatic carboxylic acids is 1. The number of rotatable bonds is 2. The number of carbonyl (C=O) groups is 2. The molecule has 2 heterocycles. The Morgan fingerprint density at radius 3 is 2.15 bits per heavy atom. The van der Waals surface area contributed by atoms with Crippen LogP contribution in [0.3, 0.4) is 0 Å². The summed E-state index contributed by atoms with van der Waals surface area (Å²) in [6.07, 6.45) is 8.96. The van der Waals surface area contributed by atoms with Gasteiger partial charge in [0.05, 0.1) is 15.6 Å². The molecule has 4 aliphatic rings. The Labute approximate surface area is 166 Å². The number of hydrogen-bond donors (Lipinski definition) is 2. The molecule has 2 aromatic heterocycles. The summed E-state index contributed by atoms with van der Waals surface area (Å²) in [4.78, 5) is 22.1. The minimum Gasteiger partial charge on any atom is -0.476 e. The van der Waals surface area contributed by atoms with Gasteiger partial charge in [0, 0.05) is 17.7 Å². The second kappa shape index (κ2) is 6.67. The molecule has 0 unspecified atom stereocenters. The molecule has 0 saturated heterocycles. The predicted octanol–water partition coefficient (Wildman–Crippen LogP) is 4.03. The number of amides is 1. The molecule has 144 valence electrons. The fraction of sp³-hybridized carbons (Fsp3) is 0.526. The number of primary amides is 1. The first-order valence-electron chi connectivity index (χ1n) is 9.13. The van der Waals surface area contributed by atoms with Crippen molar-refractivity contribution in [2.75, 3.05) is 0 Å². The molecule has 0 spiro atoms. The van der Waals surface area contributed by atoms with E-state index in [0.29, 0.717) is 15.6 Å². The van der Waals surface area contributed by atoms with Crippen molar-refractivity contribution in [2.45, 2.75) is 38.5 Å². The second-order valence-electron chi connectivity index (χ2n) is 8.23. The Morgan fingerprint density at radius 2 is 1.67 bits per heavy atom. The molecule has 1 amide bonds. The number of hydrogen-bond acceptors (Lipinski definition) is 3. The van der Waals surface area contributed by atoms with Gasteiger partial charge >= 0.3 is 5.97 Å². The van der Waals surface area contributed by atoms with E-state index in [4.69, 9.17) is 34.0 Å². The lowest BCUT2D eigenvalue weighted by Gasteiger charge is -2.55. The summed E-state index contributed by atoms with van der Waals surface area (Å²) >= 11 is 11.6. The Hall–Kier alpha value is -1.79. The number of halogens is 2. The monoisotopic (exact) mass is 409 g/mol. The molecule has 2 aromatic rings. The smallest absolute Gasteiger partial charge is 0.356 e. The zero-order chi connectivity index (χ0) is 19.3. The fourth-order valence-electron chi connectivity index (χ4n) is 5.54. The molecule has 6 rings (SSSR count). The van der Waals surface area contributed by atoms with E-state index in [1.807, 2.05) is 0 Å². The minimum atomic E-state index is -1.10. The molecule has 3 N–H and O–H groups in total. The molecular weight excluding hydrogens is 389 g/mol. The zero-order valence-corrected chi connectivity index (χ0v) is 16.2. The summed E-state index contributed by atoms with van der Waals surface area (Å²) in [6.45, 7) is 0.